The second kappa shape index (κ2) is 11.5. The van der Waals surface area contributed by atoms with E-state index in [4.69, 9.17) is 4.42 Å². The third kappa shape index (κ3) is 4.57. The highest BCUT2D eigenvalue weighted by Crippen LogP contribution is 2.44. The molecule has 0 aliphatic carbocycles. The van der Waals surface area contributed by atoms with E-state index in [1.807, 2.05) is 6.07 Å². The summed E-state index contributed by atoms with van der Waals surface area (Å²) in [5.74, 6) is 0. The first-order valence-electron chi connectivity index (χ1n) is 17.1. The van der Waals surface area contributed by atoms with Crippen molar-refractivity contribution in [1.29, 1.82) is 0 Å². The molecule has 2 heteroatoms. The number of anilines is 2. The molecule has 0 amide bonds. The number of nitrogens with one attached hydrogen (secondary N) is 1. The van der Waals surface area contributed by atoms with Gasteiger partial charge in [0.15, 0.2) is 5.58 Å². The summed E-state index contributed by atoms with van der Waals surface area (Å²) >= 11 is 0. The zero-order chi connectivity index (χ0) is 33.0. The number of benzene rings is 9. The van der Waals surface area contributed by atoms with Gasteiger partial charge in [0, 0.05) is 22.0 Å². The molecule has 0 radical (unpaired) electrons. The zero-order valence-electron chi connectivity index (χ0n) is 27.2. The largest absolute Gasteiger partial charge is 0.453 e. The molecular weight excluding hydrogens is 607 g/mol. The molecule has 0 unspecified atom stereocenters. The molecule has 1 heterocycles. The standard InChI is InChI=1S/C48H31NO/c1-2-12-32(13-3-1)39-21-11-23-44-46-38-18-7-5-15-34(38)30-45(48(46)50-47(39)44)49-35-26-24-33(25-27-35)37-28-29-43(42-20-9-8-19-40(37)42)41-22-10-16-31-14-4-6-17-36(31)41/h1-30,49H. The van der Waals surface area contributed by atoms with Crippen LogP contribution in [0.1, 0.15) is 0 Å². The molecule has 0 fully saturated rings. The van der Waals surface area contributed by atoms with Crippen LogP contribution in [0.4, 0.5) is 11.4 Å². The number of furan rings is 1. The SMILES string of the molecule is c1ccc(-c2cccc3c2oc2c(Nc4ccc(-c5ccc(-c6cccc7ccccc67)c6ccccc56)cc4)cc4ccccc4c23)cc1. The van der Waals surface area contributed by atoms with Crippen molar-refractivity contribution in [2.75, 3.05) is 5.32 Å². The van der Waals surface area contributed by atoms with Crippen molar-refractivity contribution < 1.29 is 4.42 Å². The van der Waals surface area contributed by atoms with E-state index in [9.17, 15) is 0 Å². The van der Waals surface area contributed by atoms with Crippen LogP contribution >= 0.6 is 0 Å². The Balaban J connectivity index is 1.06. The van der Waals surface area contributed by atoms with E-state index < -0.39 is 0 Å². The maximum atomic E-state index is 6.80. The van der Waals surface area contributed by atoms with Gasteiger partial charge in [-0.25, -0.2) is 0 Å². The van der Waals surface area contributed by atoms with Crippen molar-refractivity contribution in [3.8, 4) is 33.4 Å². The van der Waals surface area contributed by atoms with E-state index in [1.165, 1.54) is 54.6 Å². The zero-order valence-corrected chi connectivity index (χ0v) is 27.2. The Morgan fingerprint density at radius 2 is 0.900 bits per heavy atom. The van der Waals surface area contributed by atoms with Gasteiger partial charge in [0.1, 0.15) is 5.58 Å². The lowest BCUT2D eigenvalue weighted by molar-refractivity contribution is 0.671. The van der Waals surface area contributed by atoms with Crippen molar-refractivity contribution in [3.05, 3.63) is 182 Å². The first kappa shape index (κ1) is 28.4. The van der Waals surface area contributed by atoms with Crippen LogP contribution in [0.25, 0.3) is 87.6 Å². The number of hydrogen-bond donors (Lipinski definition) is 1. The number of para-hydroxylation sites is 1. The lowest BCUT2D eigenvalue weighted by atomic mass is 9.90. The van der Waals surface area contributed by atoms with Crippen molar-refractivity contribution in [2.24, 2.45) is 0 Å². The summed E-state index contributed by atoms with van der Waals surface area (Å²) < 4.78 is 6.80. The quantitative estimate of drug-likeness (QED) is 0.203. The third-order valence-corrected chi connectivity index (χ3v) is 10.1. The molecule has 1 N–H and O–H groups in total. The minimum absolute atomic E-state index is 0.862. The van der Waals surface area contributed by atoms with Gasteiger partial charge in [0.05, 0.1) is 5.69 Å². The molecule has 9 aromatic carbocycles. The summed E-state index contributed by atoms with van der Waals surface area (Å²) in [7, 11) is 0. The summed E-state index contributed by atoms with van der Waals surface area (Å²) in [6.07, 6.45) is 0. The van der Waals surface area contributed by atoms with E-state index in [0.29, 0.717) is 0 Å². The van der Waals surface area contributed by atoms with E-state index >= 15 is 0 Å². The Labute approximate surface area is 289 Å². The summed E-state index contributed by atoms with van der Waals surface area (Å²) in [6, 6.07) is 65.0. The van der Waals surface area contributed by atoms with Crippen molar-refractivity contribution in [3.63, 3.8) is 0 Å². The van der Waals surface area contributed by atoms with Gasteiger partial charge < -0.3 is 9.73 Å². The van der Waals surface area contributed by atoms with Crippen LogP contribution in [0.15, 0.2) is 186 Å². The van der Waals surface area contributed by atoms with Gasteiger partial charge in [0.2, 0.25) is 0 Å². The molecule has 0 aliphatic rings. The molecule has 0 saturated heterocycles. The van der Waals surface area contributed by atoms with E-state index in [-0.39, 0.29) is 0 Å². The molecule has 234 valence electrons. The summed E-state index contributed by atoms with van der Waals surface area (Å²) in [5, 5.41) is 13.4. The Morgan fingerprint density at radius 3 is 1.72 bits per heavy atom. The fourth-order valence-electron chi connectivity index (χ4n) is 7.72. The Kier molecular flexibility index (Phi) is 6.53. The van der Waals surface area contributed by atoms with Gasteiger partial charge in [0.25, 0.3) is 0 Å². The van der Waals surface area contributed by atoms with Gasteiger partial charge in [-0.2, -0.15) is 0 Å². The summed E-state index contributed by atoms with van der Waals surface area (Å²) in [4.78, 5) is 0. The monoisotopic (exact) mass is 637 g/mol. The molecule has 0 saturated carbocycles. The van der Waals surface area contributed by atoms with E-state index in [2.05, 4.69) is 181 Å². The van der Waals surface area contributed by atoms with Crippen LogP contribution in [0.5, 0.6) is 0 Å². The molecule has 0 spiro atoms. The van der Waals surface area contributed by atoms with Crippen molar-refractivity contribution in [1.82, 2.24) is 0 Å². The molecule has 10 aromatic rings. The number of fused-ring (bicyclic) bond motifs is 7. The van der Waals surface area contributed by atoms with Gasteiger partial charge in [-0.3, -0.25) is 0 Å². The fraction of sp³-hybridized carbons (Fsp3) is 0. The van der Waals surface area contributed by atoms with E-state index in [1.54, 1.807) is 0 Å². The highest BCUT2D eigenvalue weighted by molar-refractivity contribution is 6.24. The van der Waals surface area contributed by atoms with Crippen LogP contribution < -0.4 is 5.32 Å². The predicted molar refractivity (Wildman–Crippen MR) is 212 cm³/mol. The fourth-order valence-corrected chi connectivity index (χ4v) is 7.72. The maximum absolute atomic E-state index is 6.80. The van der Waals surface area contributed by atoms with Crippen molar-refractivity contribution >= 4 is 65.6 Å². The van der Waals surface area contributed by atoms with Crippen LogP contribution in [0.2, 0.25) is 0 Å². The molecular formula is C48H31NO. The second-order valence-electron chi connectivity index (χ2n) is 12.9. The van der Waals surface area contributed by atoms with Gasteiger partial charge in [-0.1, -0.05) is 164 Å². The van der Waals surface area contributed by atoms with Crippen LogP contribution in [0.3, 0.4) is 0 Å². The summed E-state index contributed by atoms with van der Waals surface area (Å²) in [5.41, 5.74) is 10.9. The molecule has 50 heavy (non-hydrogen) atoms. The molecule has 2 nitrogen and oxygen atoms in total. The first-order valence-corrected chi connectivity index (χ1v) is 17.1. The highest BCUT2D eigenvalue weighted by atomic mass is 16.3. The number of hydrogen-bond acceptors (Lipinski definition) is 2. The molecule has 0 bridgehead atoms. The second-order valence-corrected chi connectivity index (χ2v) is 12.9. The predicted octanol–water partition coefficient (Wildman–Crippen LogP) is 13.8. The molecule has 0 aliphatic heterocycles. The minimum atomic E-state index is 0.862. The van der Waals surface area contributed by atoms with E-state index in [0.717, 1.165) is 44.4 Å². The first-order chi connectivity index (χ1) is 24.8. The smallest absolute Gasteiger partial charge is 0.159 e. The highest BCUT2D eigenvalue weighted by Gasteiger charge is 2.18. The minimum Gasteiger partial charge on any atom is -0.453 e. The maximum Gasteiger partial charge on any atom is 0.159 e. The third-order valence-electron chi connectivity index (χ3n) is 10.1. The number of rotatable bonds is 5. The van der Waals surface area contributed by atoms with Gasteiger partial charge in [-0.15, -0.1) is 0 Å². The Bertz CT molecular complexity index is 2880. The molecule has 0 atom stereocenters. The average Bonchev–Trinajstić information content (AvgIpc) is 3.59. The summed E-state index contributed by atoms with van der Waals surface area (Å²) in [6.45, 7) is 0. The molecule has 10 rings (SSSR count). The van der Waals surface area contributed by atoms with Crippen molar-refractivity contribution in [2.45, 2.75) is 0 Å². The van der Waals surface area contributed by atoms with Crippen LogP contribution in [-0.2, 0) is 0 Å². The Hall–Kier alpha value is -6.64. The average molecular weight is 638 g/mol. The lowest BCUT2D eigenvalue weighted by Gasteiger charge is -2.14. The van der Waals surface area contributed by atoms with Gasteiger partial charge in [-0.05, 0) is 78.3 Å². The van der Waals surface area contributed by atoms with Crippen LogP contribution in [-0.4, -0.2) is 0 Å². The van der Waals surface area contributed by atoms with Crippen LogP contribution in [0, 0.1) is 0 Å². The normalized spacial score (nSPS) is 11.6. The Morgan fingerprint density at radius 1 is 0.340 bits per heavy atom. The topological polar surface area (TPSA) is 25.2 Å². The lowest BCUT2D eigenvalue weighted by Crippen LogP contribution is -1.92. The molecule has 1 aromatic heterocycles. The van der Waals surface area contributed by atoms with Gasteiger partial charge >= 0.3 is 0 Å².